The summed E-state index contributed by atoms with van der Waals surface area (Å²) in [6, 6.07) is 21.2. The van der Waals surface area contributed by atoms with Crippen molar-refractivity contribution in [1.29, 1.82) is 0 Å². The molecule has 0 radical (unpaired) electrons. The third-order valence-corrected chi connectivity index (χ3v) is 9.92. The fourth-order valence-electron chi connectivity index (χ4n) is 4.96. The minimum absolute atomic E-state index is 0.0366. The maximum absolute atomic E-state index is 13.1. The molecule has 1 saturated heterocycles. The molecule has 0 saturated carbocycles. The number of hydrazone groups is 1. The molecule has 0 bridgehead atoms. The molecule has 1 amide bonds. The molecule has 1 aliphatic heterocycles. The fourth-order valence-corrected chi connectivity index (χ4v) is 7.27. The van der Waals surface area contributed by atoms with Gasteiger partial charge in [-0.15, -0.1) is 0 Å². The Balaban J connectivity index is 1.17. The summed E-state index contributed by atoms with van der Waals surface area (Å²) in [7, 11) is -3.75. The number of nitrogens with zero attached hydrogens (tertiary/aromatic N) is 6. The van der Waals surface area contributed by atoms with E-state index in [1.165, 1.54) is 46.5 Å². The summed E-state index contributed by atoms with van der Waals surface area (Å²) in [6.07, 6.45) is 1.49. The first-order valence-corrected chi connectivity index (χ1v) is 16.0. The lowest BCUT2D eigenvalue weighted by Crippen LogP contribution is -2.40. The number of fused-ring (bicyclic) bond motifs is 4. The number of hydrogen-bond donors (Lipinski definition) is 1. The van der Waals surface area contributed by atoms with E-state index in [9.17, 15) is 13.2 Å². The number of carbonyl (C=O) groups is 1. The van der Waals surface area contributed by atoms with Gasteiger partial charge in [-0.05, 0) is 55.1 Å². The number of rotatable bonds is 7. The van der Waals surface area contributed by atoms with Crippen LogP contribution in [0.4, 0.5) is 0 Å². The van der Waals surface area contributed by atoms with E-state index in [0.717, 1.165) is 16.4 Å². The number of carbonyl (C=O) groups excluding carboxylic acids is 1. The van der Waals surface area contributed by atoms with Crippen molar-refractivity contribution in [2.75, 3.05) is 26.3 Å². The van der Waals surface area contributed by atoms with Crippen LogP contribution in [0.15, 0.2) is 97.5 Å². The first-order chi connectivity index (χ1) is 21.4. The third-order valence-electron chi connectivity index (χ3n) is 7.17. The Hall–Kier alpha value is -4.63. The van der Waals surface area contributed by atoms with Gasteiger partial charge in [-0.25, -0.2) is 28.3 Å². The van der Waals surface area contributed by atoms with Crippen molar-refractivity contribution in [2.24, 2.45) is 5.10 Å². The largest absolute Gasteiger partial charge is 0.431 e. The Morgan fingerprint density at radius 3 is 2.66 bits per heavy atom. The quantitative estimate of drug-likeness (QED) is 0.156. The van der Waals surface area contributed by atoms with Gasteiger partial charge in [0.05, 0.1) is 41.1 Å². The van der Waals surface area contributed by atoms with Crippen LogP contribution in [0, 0.1) is 6.92 Å². The number of nitrogens with one attached hydrogen (secondary N) is 1. The zero-order valence-corrected chi connectivity index (χ0v) is 25.0. The van der Waals surface area contributed by atoms with Crippen molar-refractivity contribution in [1.82, 2.24) is 29.3 Å². The molecule has 6 aromatic rings. The van der Waals surface area contributed by atoms with Crippen LogP contribution in [-0.2, 0) is 14.8 Å². The van der Waals surface area contributed by atoms with Gasteiger partial charge in [0.15, 0.2) is 11.2 Å². The molecular weight excluding hydrogens is 603 g/mol. The van der Waals surface area contributed by atoms with Gasteiger partial charge in [-0.1, -0.05) is 36.4 Å². The van der Waals surface area contributed by atoms with Gasteiger partial charge in [0, 0.05) is 24.0 Å². The average Bonchev–Trinajstić information content (AvgIpc) is 3.61. The monoisotopic (exact) mass is 627 g/mol. The second-order valence-electron chi connectivity index (χ2n) is 9.96. The summed E-state index contributed by atoms with van der Waals surface area (Å²) in [5, 5.41) is 10.9. The predicted molar refractivity (Wildman–Crippen MR) is 164 cm³/mol. The van der Waals surface area contributed by atoms with Crippen molar-refractivity contribution >= 4 is 61.6 Å². The Morgan fingerprint density at radius 1 is 1.02 bits per heavy atom. The van der Waals surface area contributed by atoms with Gasteiger partial charge in [-0.3, -0.25) is 4.79 Å². The summed E-state index contributed by atoms with van der Waals surface area (Å²) in [4.78, 5) is 22.5. The van der Waals surface area contributed by atoms with Crippen molar-refractivity contribution in [3.8, 4) is 0 Å². The van der Waals surface area contributed by atoms with Crippen LogP contribution in [0.5, 0.6) is 0 Å². The maximum Gasteiger partial charge on any atom is 0.271 e. The number of ether oxygens (including phenoxy) is 1. The number of amides is 1. The Bertz CT molecular complexity index is 2150. The van der Waals surface area contributed by atoms with Gasteiger partial charge in [0.2, 0.25) is 10.0 Å². The molecule has 0 spiro atoms. The summed E-state index contributed by atoms with van der Waals surface area (Å²) in [5.74, 6) is -0.556. The summed E-state index contributed by atoms with van der Waals surface area (Å²) < 4.78 is 40.4. The SMILES string of the molecule is Cc1nn2c(nc(Sc3nc4ccccc4o3)c3ccccc32)c1/C=N\NC(=O)c1cccc(S(=O)(=O)N2CCOCC2)c1. The van der Waals surface area contributed by atoms with Crippen molar-refractivity contribution in [3.05, 3.63) is 89.6 Å². The second-order valence-corrected chi connectivity index (χ2v) is 12.8. The van der Waals surface area contributed by atoms with Crippen LogP contribution in [0.2, 0.25) is 0 Å². The van der Waals surface area contributed by atoms with E-state index in [1.807, 2.05) is 55.5 Å². The highest BCUT2D eigenvalue weighted by atomic mass is 32.2. The average molecular weight is 628 g/mol. The fraction of sp³-hybridized carbons (Fsp3) is 0.167. The molecule has 1 aliphatic rings. The van der Waals surface area contributed by atoms with Crippen LogP contribution >= 0.6 is 11.8 Å². The molecule has 1 N–H and O–H groups in total. The molecule has 3 aromatic heterocycles. The number of sulfonamides is 1. The lowest BCUT2D eigenvalue weighted by Gasteiger charge is -2.26. The van der Waals surface area contributed by atoms with E-state index in [-0.39, 0.29) is 23.5 Å². The predicted octanol–water partition coefficient (Wildman–Crippen LogP) is 4.27. The van der Waals surface area contributed by atoms with E-state index in [4.69, 9.17) is 14.1 Å². The summed E-state index contributed by atoms with van der Waals surface area (Å²) >= 11 is 1.31. The van der Waals surface area contributed by atoms with Crippen LogP contribution < -0.4 is 5.43 Å². The Labute approximate surface area is 255 Å². The van der Waals surface area contributed by atoms with Crippen molar-refractivity contribution in [3.63, 3.8) is 0 Å². The molecule has 44 heavy (non-hydrogen) atoms. The van der Waals surface area contributed by atoms with Gasteiger partial charge in [0.25, 0.3) is 11.1 Å². The zero-order valence-electron chi connectivity index (χ0n) is 23.4. The smallest absolute Gasteiger partial charge is 0.271 e. The molecule has 14 heteroatoms. The van der Waals surface area contributed by atoms with E-state index in [0.29, 0.717) is 46.0 Å². The van der Waals surface area contributed by atoms with E-state index >= 15 is 0 Å². The van der Waals surface area contributed by atoms with Crippen molar-refractivity contribution in [2.45, 2.75) is 22.1 Å². The Kier molecular flexibility index (Phi) is 7.34. The van der Waals surface area contributed by atoms with E-state index in [2.05, 4.69) is 20.6 Å². The van der Waals surface area contributed by atoms with Crippen LogP contribution in [0.25, 0.3) is 27.6 Å². The highest BCUT2D eigenvalue weighted by Gasteiger charge is 2.27. The first kappa shape index (κ1) is 28.2. The number of oxazole rings is 1. The number of hydrogen-bond acceptors (Lipinski definition) is 10. The van der Waals surface area contributed by atoms with Crippen LogP contribution in [-0.4, -0.2) is 70.7 Å². The first-order valence-electron chi connectivity index (χ1n) is 13.7. The molecular formula is C30H25N7O5S2. The molecule has 222 valence electrons. The highest BCUT2D eigenvalue weighted by molar-refractivity contribution is 7.99. The lowest BCUT2D eigenvalue weighted by atomic mass is 10.2. The van der Waals surface area contributed by atoms with Crippen LogP contribution in [0.3, 0.4) is 0 Å². The topological polar surface area (TPSA) is 144 Å². The molecule has 12 nitrogen and oxygen atoms in total. The van der Waals surface area contributed by atoms with Gasteiger partial charge in [0.1, 0.15) is 10.5 Å². The van der Waals surface area contributed by atoms with Gasteiger partial charge >= 0.3 is 0 Å². The standard InChI is InChI=1S/C30H25N7O5S2/c1-19-23(18-31-34-28(38)20-7-6-8-21(17-20)44(39,40)36-13-15-41-16-14-36)27-33-29(22-9-2-4-11-25(22)37(27)35-19)43-30-32-24-10-3-5-12-26(24)42-30/h2-12,17-18H,13-16H2,1H3,(H,34,38)/b31-18-. The molecule has 4 heterocycles. The molecule has 3 aromatic carbocycles. The highest BCUT2D eigenvalue weighted by Crippen LogP contribution is 2.34. The number of para-hydroxylation sites is 3. The number of morpholine rings is 1. The zero-order chi connectivity index (χ0) is 30.3. The molecule has 0 atom stereocenters. The van der Waals surface area contributed by atoms with Gasteiger partial charge < -0.3 is 9.15 Å². The normalized spacial score (nSPS) is 14.7. The minimum atomic E-state index is -3.75. The summed E-state index contributed by atoms with van der Waals surface area (Å²) in [6.45, 7) is 3.03. The Morgan fingerprint density at radius 2 is 1.82 bits per heavy atom. The number of aryl methyl sites for hydroxylation is 1. The van der Waals surface area contributed by atoms with Gasteiger partial charge in [-0.2, -0.15) is 14.5 Å². The molecule has 7 rings (SSSR count). The van der Waals surface area contributed by atoms with E-state index < -0.39 is 15.9 Å². The number of benzene rings is 3. The van der Waals surface area contributed by atoms with Crippen LogP contribution in [0.1, 0.15) is 21.6 Å². The molecule has 0 unspecified atom stereocenters. The summed E-state index contributed by atoms with van der Waals surface area (Å²) in [5.41, 5.74) is 6.75. The lowest BCUT2D eigenvalue weighted by molar-refractivity contribution is 0.0730. The minimum Gasteiger partial charge on any atom is -0.431 e. The van der Waals surface area contributed by atoms with Crippen molar-refractivity contribution < 1.29 is 22.4 Å². The molecule has 1 fully saturated rings. The second kappa shape index (κ2) is 11.5. The third kappa shape index (κ3) is 5.21. The molecule has 0 aliphatic carbocycles. The van der Waals surface area contributed by atoms with E-state index in [1.54, 1.807) is 4.52 Å². The maximum atomic E-state index is 13.1. The number of aromatic nitrogens is 4.